The fraction of sp³-hybridized carbons (Fsp3) is 0.263. The molecule has 2 aromatic rings. The van der Waals surface area contributed by atoms with Gasteiger partial charge in [0.2, 0.25) is 11.8 Å². The number of rotatable bonds is 4. The summed E-state index contributed by atoms with van der Waals surface area (Å²) in [5.74, 6) is 6.76. The Morgan fingerprint density at radius 2 is 1.91 bits per heavy atom. The number of amides is 1. The molecular weight excluding hydrogens is 288 g/mol. The van der Waals surface area contributed by atoms with Gasteiger partial charge in [-0.1, -0.05) is 24.0 Å². The molecule has 0 saturated carbocycles. The summed E-state index contributed by atoms with van der Waals surface area (Å²) < 4.78 is 5.08. The van der Waals surface area contributed by atoms with Gasteiger partial charge in [-0.15, -0.1) is 0 Å². The van der Waals surface area contributed by atoms with Crippen molar-refractivity contribution in [1.82, 2.24) is 10.3 Å². The predicted molar refractivity (Wildman–Crippen MR) is 90.2 cm³/mol. The summed E-state index contributed by atoms with van der Waals surface area (Å²) in [4.78, 5) is 15.1. The zero-order valence-electron chi connectivity index (χ0n) is 13.6. The van der Waals surface area contributed by atoms with Crippen LogP contribution in [0.25, 0.3) is 0 Å². The molecule has 1 aromatic heterocycles. The first kappa shape index (κ1) is 16.6. The van der Waals surface area contributed by atoms with Gasteiger partial charge in [-0.05, 0) is 37.1 Å². The molecule has 4 heteroatoms. The minimum Gasteiger partial charge on any atom is -0.481 e. The van der Waals surface area contributed by atoms with Crippen LogP contribution in [-0.2, 0) is 11.2 Å². The second-order valence-electron chi connectivity index (χ2n) is 5.34. The molecule has 1 atom stereocenters. The Bertz CT molecular complexity index is 727. The molecule has 118 valence electrons. The van der Waals surface area contributed by atoms with Gasteiger partial charge in [-0.25, -0.2) is 4.98 Å². The lowest BCUT2D eigenvalue weighted by molar-refractivity contribution is -0.119. The summed E-state index contributed by atoms with van der Waals surface area (Å²) >= 11 is 0. The van der Waals surface area contributed by atoms with Crippen LogP contribution < -0.4 is 10.1 Å². The quantitative estimate of drug-likeness (QED) is 0.883. The highest BCUT2D eigenvalue weighted by molar-refractivity contribution is 5.73. The number of methoxy groups -OCH3 is 1. The molecule has 0 aliphatic heterocycles. The average molecular weight is 308 g/mol. The van der Waals surface area contributed by atoms with E-state index in [-0.39, 0.29) is 11.9 Å². The maximum Gasteiger partial charge on any atom is 0.217 e. The van der Waals surface area contributed by atoms with Gasteiger partial charge < -0.3 is 10.1 Å². The summed E-state index contributed by atoms with van der Waals surface area (Å²) in [6.07, 6.45) is 2.48. The number of carbonyl (C=O) groups excluding carboxylic acids is 1. The van der Waals surface area contributed by atoms with Crippen LogP contribution in [0.5, 0.6) is 5.88 Å². The second kappa shape index (κ2) is 8.00. The van der Waals surface area contributed by atoms with Gasteiger partial charge in [0.25, 0.3) is 0 Å². The molecule has 1 N–H and O–H groups in total. The number of benzene rings is 1. The predicted octanol–water partition coefficient (Wildman–Crippen LogP) is 2.56. The number of hydrogen-bond donors (Lipinski definition) is 1. The number of nitrogens with one attached hydrogen (secondary N) is 1. The van der Waals surface area contributed by atoms with Gasteiger partial charge in [0.05, 0.1) is 7.11 Å². The van der Waals surface area contributed by atoms with Crippen molar-refractivity contribution in [2.45, 2.75) is 26.3 Å². The number of hydrogen-bond acceptors (Lipinski definition) is 3. The highest BCUT2D eigenvalue weighted by Gasteiger charge is 2.04. The van der Waals surface area contributed by atoms with Crippen LogP contribution in [0, 0.1) is 11.8 Å². The second-order valence-corrected chi connectivity index (χ2v) is 5.34. The third-order valence-corrected chi connectivity index (χ3v) is 3.24. The Kier molecular flexibility index (Phi) is 5.76. The minimum absolute atomic E-state index is 0.00670. The van der Waals surface area contributed by atoms with E-state index in [0.717, 1.165) is 17.5 Å². The van der Waals surface area contributed by atoms with Crippen LogP contribution in [0.4, 0.5) is 0 Å². The zero-order chi connectivity index (χ0) is 16.7. The summed E-state index contributed by atoms with van der Waals surface area (Å²) in [6.45, 7) is 3.52. The van der Waals surface area contributed by atoms with Crippen molar-refractivity contribution in [2.75, 3.05) is 7.11 Å². The van der Waals surface area contributed by atoms with Crippen LogP contribution in [0.3, 0.4) is 0 Å². The largest absolute Gasteiger partial charge is 0.481 e. The van der Waals surface area contributed by atoms with Gasteiger partial charge in [0.1, 0.15) is 0 Å². The number of carbonyl (C=O) groups is 1. The number of aromatic nitrogens is 1. The first-order valence-electron chi connectivity index (χ1n) is 7.45. The van der Waals surface area contributed by atoms with Crippen LogP contribution >= 0.6 is 0 Å². The molecule has 2 rings (SSSR count). The highest BCUT2D eigenvalue weighted by Crippen LogP contribution is 2.09. The summed E-state index contributed by atoms with van der Waals surface area (Å²) in [5.41, 5.74) is 2.97. The Hall–Kier alpha value is -2.80. The maximum absolute atomic E-state index is 11.0. The molecule has 0 aliphatic rings. The van der Waals surface area contributed by atoms with E-state index in [9.17, 15) is 4.79 Å². The van der Waals surface area contributed by atoms with Crippen molar-refractivity contribution in [3.05, 3.63) is 59.3 Å². The molecule has 0 bridgehead atoms. The van der Waals surface area contributed by atoms with E-state index >= 15 is 0 Å². The van der Waals surface area contributed by atoms with E-state index in [2.05, 4.69) is 22.1 Å². The van der Waals surface area contributed by atoms with E-state index in [1.165, 1.54) is 12.5 Å². The fourth-order valence-corrected chi connectivity index (χ4v) is 2.22. The van der Waals surface area contributed by atoms with E-state index in [1.807, 2.05) is 37.3 Å². The number of ether oxygens (including phenoxy) is 1. The Balaban J connectivity index is 2.03. The average Bonchev–Trinajstić information content (AvgIpc) is 2.53. The normalized spacial score (nSPS) is 11.1. The Labute approximate surface area is 136 Å². The van der Waals surface area contributed by atoms with Gasteiger partial charge >= 0.3 is 0 Å². The Morgan fingerprint density at radius 3 is 2.57 bits per heavy atom. The third kappa shape index (κ3) is 5.48. The monoisotopic (exact) mass is 308 g/mol. The van der Waals surface area contributed by atoms with Crippen molar-refractivity contribution in [1.29, 1.82) is 0 Å². The first-order chi connectivity index (χ1) is 11.1. The van der Waals surface area contributed by atoms with Crippen LogP contribution in [0.2, 0.25) is 0 Å². The molecule has 1 heterocycles. The van der Waals surface area contributed by atoms with Gasteiger partial charge in [-0.2, -0.15) is 0 Å². The number of nitrogens with zero attached hydrogens (tertiary/aromatic N) is 1. The molecule has 1 amide bonds. The van der Waals surface area contributed by atoms with E-state index in [1.54, 1.807) is 19.4 Å². The summed E-state index contributed by atoms with van der Waals surface area (Å²) in [7, 11) is 1.58. The lowest BCUT2D eigenvalue weighted by Crippen LogP contribution is -2.31. The van der Waals surface area contributed by atoms with E-state index in [0.29, 0.717) is 5.88 Å². The summed E-state index contributed by atoms with van der Waals surface area (Å²) in [6, 6.07) is 11.8. The molecule has 0 fully saturated rings. The van der Waals surface area contributed by atoms with Gasteiger partial charge in [0, 0.05) is 36.4 Å². The highest BCUT2D eigenvalue weighted by atomic mass is 16.5. The minimum atomic E-state index is -0.00670. The van der Waals surface area contributed by atoms with Crippen molar-refractivity contribution in [3.8, 4) is 17.7 Å². The van der Waals surface area contributed by atoms with Gasteiger partial charge in [-0.3, -0.25) is 4.79 Å². The molecule has 0 radical (unpaired) electrons. The SMILES string of the molecule is COc1cc(C#Cc2ccc(CC(C)NC(C)=O)cc2)ccn1. The lowest BCUT2D eigenvalue weighted by atomic mass is 10.1. The van der Waals surface area contributed by atoms with Crippen LogP contribution in [0.15, 0.2) is 42.6 Å². The molecule has 0 spiro atoms. The molecule has 0 aliphatic carbocycles. The smallest absolute Gasteiger partial charge is 0.217 e. The van der Waals surface area contributed by atoms with E-state index in [4.69, 9.17) is 4.74 Å². The van der Waals surface area contributed by atoms with Crippen molar-refractivity contribution in [3.63, 3.8) is 0 Å². The first-order valence-corrected chi connectivity index (χ1v) is 7.45. The third-order valence-electron chi connectivity index (χ3n) is 3.24. The maximum atomic E-state index is 11.0. The molecule has 4 nitrogen and oxygen atoms in total. The molecule has 1 aromatic carbocycles. The fourth-order valence-electron chi connectivity index (χ4n) is 2.22. The standard InChI is InChI=1S/C19H20N2O2/c1-14(21-15(2)22)12-17-7-4-16(5-8-17)6-9-18-10-11-20-19(13-18)23-3/h4-5,7-8,10-11,13-14H,12H2,1-3H3,(H,21,22). The number of pyridine rings is 1. The topological polar surface area (TPSA) is 51.2 Å². The van der Waals surface area contributed by atoms with Crippen LogP contribution in [0.1, 0.15) is 30.5 Å². The van der Waals surface area contributed by atoms with E-state index < -0.39 is 0 Å². The molecule has 23 heavy (non-hydrogen) atoms. The molecule has 1 unspecified atom stereocenters. The van der Waals surface area contributed by atoms with Crippen LogP contribution in [-0.4, -0.2) is 24.0 Å². The lowest BCUT2D eigenvalue weighted by Gasteiger charge is -2.12. The molecular formula is C19H20N2O2. The zero-order valence-corrected chi connectivity index (χ0v) is 13.6. The van der Waals surface area contributed by atoms with Crippen molar-refractivity contribution < 1.29 is 9.53 Å². The summed E-state index contributed by atoms with van der Waals surface area (Å²) in [5, 5.41) is 2.88. The Morgan fingerprint density at radius 1 is 1.22 bits per heavy atom. The molecule has 0 saturated heterocycles. The van der Waals surface area contributed by atoms with Crippen molar-refractivity contribution >= 4 is 5.91 Å². The van der Waals surface area contributed by atoms with Gasteiger partial charge in [0.15, 0.2) is 0 Å². The van der Waals surface area contributed by atoms with Crippen molar-refractivity contribution in [2.24, 2.45) is 0 Å².